The molecule has 0 spiro atoms. The molecule has 20 heavy (non-hydrogen) atoms. The van der Waals surface area contributed by atoms with Crippen molar-refractivity contribution >= 4 is 16.7 Å². The van der Waals surface area contributed by atoms with E-state index in [9.17, 15) is 4.79 Å². The van der Waals surface area contributed by atoms with Crippen LogP contribution in [-0.2, 0) is 6.42 Å². The van der Waals surface area contributed by atoms with Crippen LogP contribution in [0, 0.1) is 6.92 Å². The Bertz CT molecular complexity index is 766. The molecule has 0 unspecified atom stereocenters. The van der Waals surface area contributed by atoms with E-state index in [4.69, 9.17) is 0 Å². The number of rotatable bonds is 3. The second-order valence-corrected chi connectivity index (χ2v) is 5.08. The summed E-state index contributed by atoms with van der Waals surface area (Å²) in [6, 6.07) is 13.9. The molecule has 0 aliphatic rings. The summed E-state index contributed by atoms with van der Waals surface area (Å²) in [6.07, 6.45) is 2.80. The summed E-state index contributed by atoms with van der Waals surface area (Å²) in [7, 11) is 0. The number of hydrogen-bond acceptors (Lipinski definition) is 1. The van der Waals surface area contributed by atoms with Gasteiger partial charge in [0.2, 0.25) is 0 Å². The second-order valence-electron chi connectivity index (χ2n) is 5.08. The van der Waals surface area contributed by atoms with E-state index in [-0.39, 0.29) is 5.78 Å². The number of nitrogens with one attached hydrogen (secondary N) is 1. The first-order valence-electron chi connectivity index (χ1n) is 6.91. The van der Waals surface area contributed by atoms with Crippen LogP contribution in [0.1, 0.15) is 34.0 Å². The van der Waals surface area contributed by atoms with Crippen LogP contribution in [0.25, 0.3) is 10.9 Å². The lowest BCUT2D eigenvalue weighted by Gasteiger charge is -2.03. The van der Waals surface area contributed by atoms with Crippen molar-refractivity contribution in [2.24, 2.45) is 0 Å². The van der Waals surface area contributed by atoms with Gasteiger partial charge in [0, 0.05) is 28.2 Å². The minimum atomic E-state index is 0.0770. The third-order valence-corrected chi connectivity index (χ3v) is 3.78. The van der Waals surface area contributed by atoms with E-state index in [0.717, 1.165) is 34.0 Å². The summed E-state index contributed by atoms with van der Waals surface area (Å²) in [6.45, 7) is 4.15. The molecule has 0 aliphatic heterocycles. The van der Waals surface area contributed by atoms with Gasteiger partial charge in [0.05, 0.1) is 0 Å². The minimum absolute atomic E-state index is 0.0770. The lowest BCUT2D eigenvalue weighted by atomic mass is 9.99. The van der Waals surface area contributed by atoms with Crippen molar-refractivity contribution in [1.82, 2.24) is 4.98 Å². The van der Waals surface area contributed by atoms with Crippen molar-refractivity contribution in [3.63, 3.8) is 0 Å². The quantitative estimate of drug-likeness (QED) is 0.703. The highest BCUT2D eigenvalue weighted by atomic mass is 16.1. The minimum Gasteiger partial charge on any atom is -0.360 e. The Hall–Kier alpha value is -2.35. The van der Waals surface area contributed by atoms with Crippen LogP contribution < -0.4 is 0 Å². The number of aromatic nitrogens is 1. The zero-order valence-electron chi connectivity index (χ0n) is 11.7. The maximum atomic E-state index is 12.7. The lowest BCUT2D eigenvalue weighted by molar-refractivity contribution is 0.104. The van der Waals surface area contributed by atoms with Crippen molar-refractivity contribution in [1.29, 1.82) is 0 Å². The van der Waals surface area contributed by atoms with Crippen molar-refractivity contribution < 1.29 is 4.79 Å². The largest absolute Gasteiger partial charge is 0.360 e. The Balaban J connectivity index is 2.08. The molecule has 0 radical (unpaired) electrons. The average molecular weight is 263 g/mol. The smallest absolute Gasteiger partial charge is 0.195 e. The standard InChI is InChI=1S/C18H17NO/c1-3-13-7-9-14(10-8-13)18(20)15-11-19-16-6-4-5-12(2)17(15)16/h4-11,19H,3H2,1-2H3. The molecule has 0 aliphatic carbocycles. The predicted octanol–water partition coefficient (Wildman–Crippen LogP) is 4.27. The van der Waals surface area contributed by atoms with Crippen LogP contribution >= 0.6 is 0 Å². The molecule has 0 saturated heterocycles. The van der Waals surface area contributed by atoms with E-state index in [1.807, 2.05) is 55.6 Å². The Morgan fingerprint density at radius 1 is 1.10 bits per heavy atom. The van der Waals surface area contributed by atoms with Gasteiger partial charge in [0.1, 0.15) is 0 Å². The van der Waals surface area contributed by atoms with Gasteiger partial charge in [-0.1, -0.05) is 43.3 Å². The van der Waals surface area contributed by atoms with Crippen LogP contribution in [0.5, 0.6) is 0 Å². The first-order valence-corrected chi connectivity index (χ1v) is 6.91. The number of ketones is 1. The highest BCUT2D eigenvalue weighted by Gasteiger charge is 2.15. The molecule has 0 amide bonds. The van der Waals surface area contributed by atoms with Crippen molar-refractivity contribution in [3.8, 4) is 0 Å². The first kappa shape index (κ1) is 12.7. The number of carbonyl (C=O) groups is 1. The van der Waals surface area contributed by atoms with Crippen LogP contribution in [0.15, 0.2) is 48.7 Å². The maximum Gasteiger partial charge on any atom is 0.195 e. The zero-order valence-corrected chi connectivity index (χ0v) is 11.7. The number of carbonyl (C=O) groups excluding carboxylic acids is 1. The summed E-state index contributed by atoms with van der Waals surface area (Å²) in [5, 5.41) is 1.03. The highest BCUT2D eigenvalue weighted by Crippen LogP contribution is 2.24. The average Bonchev–Trinajstić information content (AvgIpc) is 2.92. The van der Waals surface area contributed by atoms with Gasteiger partial charge in [-0.15, -0.1) is 0 Å². The van der Waals surface area contributed by atoms with E-state index >= 15 is 0 Å². The third kappa shape index (κ3) is 2.03. The molecule has 3 rings (SSSR count). The summed E-state index contributed by atoms with van der Waals surface area (Å²) in [5.41, 5.74) is 4.88. The molecule has 2 heteroatoms. The molecular formula is C18H17NO. The molecular weight excluding hydrogens is 246 g/mol. The first-order chi connectivity index (χ1) is 9.70. The number of aryl methyl sites for hydroxylation is 2. The third-order valence-electron chi connectivity index (χ3n) is 3.78. The van der Waals surface area contributed by atoms with Crippen molar-refractivity contribution in [3.05, 3.63) is 70.9 Å². The van der Waals surface area contributed by atoms with Crippen molar-refractivity contribution in [2.75, 3.05) is 0 Å². The topological polar surface area (TPSA) is 32.9 Å². The Morgan fingerprint density at radius 3 is 2.55 bits per heavy atom. The van der Waals surface area contributed by atoms with Gasteiger partial charge >= 0.3 is 0 Å². The number of aromatic amines is 1. The molecule has 2 aromatic carbocycles. The zero-order chi connectivity index (χ0) is 14.1. The van der Waals surface area contributed by atoms with E-state index in [2.05, 4.69) is 11.9 Å². The number of fused-ring (bicyclic) bond motifs is 1. The SMILES string of the molecule is CCc1ccc(C(=O)c2c[nH]c3cccc(C)c23)cc1. The summed E-state index contributed by atoms with van der Waals surface area (Å²) >= 11 is 0. The van der Waals surface area contributed by atoms with Gasteiger partial charge in [-0.3, -0.25) is 4.79 Å². The molecule has 0 fully saturated rings. The molecule has 100 valence electrons. The van der Waals surface area contributed by atoms with Crippen LogP contribution in [-0.4, -0.2) is 10.8 Å². The summed E-state index contributed by atoms with van der Waals surface area (Å²) in [4.78, 5) is 15.8. The number of benzene rings is 2. The molecule has 1 heterocycles. The van der Waals surface area contributed by atoms with E-state index in [1.165, 1.54) is 5.56 Å². The van der Waals surface area contributed by atoms with Gasteiger partial charge in [-0.05, 0) is 30.5 Å². The molecule has 0 saturated carbocycles. The molecule has 3 aromatic rings. The van der Waals surface area contributed by atoms with E-state index in [0.29, 0.717) is 0 Å². The Kier molecular flexibility index (Phi) is 3.15. The summed E-state index contributed by atoms with van der Waals surface area (Å²) < 4.78 is 0. The monoisotopic (exact) mass is 263 g/mol. The Labute approximate surface area is 118 Å². The van der Waals surface area contributed by atoms with Crippen LogP contribution in [0.2, 0.25) is 0 Å². The van der Waals surface area contributed by atoms with Crippen molar-refractivity contribution in [2.45, 2.75) is 20.3 Å². The normalized spacial score (nSPS) is 10.9. The van der Waals surface area contributed by atoms with Gasteiger partial charge < -0.3 is 4.98 Å². The molecule has 1 aromatic heterocycles. The van der Waals surface area contributed by atoms with Gasteiger partial charge in [0.25, 0.3) is 0 Å². The lowest BCUT2D eigenvalue weighted by Crippen LogP contribution is -2.01. The van der Waals surface area contributed by atoms with Crippen LogP contribution in [0.3, 0.4) is 0 Å². The number of H-pyrrole nitrogens is 1. The summed E-state index contributed by atoms with van der Waals surface area (Å²) in [5.74, 6) is 0.0770. The fourth-order valence-corrected chi connectivity index (χ4v) is 2.59. The van der Waals surface area contributed by atoms with Gasteiger partial charge in [0.15, 0.2) is 5.78 Å². The van der Waals surface area contributed by atoms with E-state index in [1.54, 1.807) is 0 Å². The second kappa shape index (κ2) is 4.97. The maximum absolute atomic E-state index is 12.7. The number of hydrogen-bond donors (Lipinski definition) is 1. The van der Waals surface area contributed by atoms with Gasteiger partial charge in [-0.25, -0.2) is 0 Å². The highest BCUT2D eigenvalue weighted by molar-refractivity contribution is 6.16. The molecule has 0 atom stereocenters. The van der Waals surface area contributed by atoms with E-state index < -0.39 is 0 Å². The predicted molar refractivity (Wildman–Crippen MR) is 82.3 cm³/mol. The fourth-order valence-electron chi connectivity index (χ4n) is 2.59. The van der Waals surface area contributed by atoms with Crippen LogP contribution in [0.4, 0.5) is 0 Å². The van der Waals surface area contributed by atoms with Gasteiger partial charge in [-0.2, -0.15) is 0 Å². The fraction of sp³-hybridized carbons (Fsp3) is 0.167. The molecule has 1 N–H and O–H groups in total. The molecule has 2 nitrogen and oxygen atoms in total. The Morgan fingerprint density at radius 2 is 1.85 bits per heavy atom. The molecule has 0 bridgehead atoms.